The zero-order valence-corrected chi connectivity index (χ0v) is 9.34. The quantitative estimate of drug-likeness (QED) is 0.652. The van der Waals surface area contributed by atoms with Crippen LogP contribution in [0, 0.1) is 0 Å². The number of ether oxygens (including phenoxy) is 2. The maximum absolute atomic E-state index is 5.66. The first kappa shape index (κ1) is 13.1. The van der Waals surface area contributed by atoms with E-state index in [0.717, 1.165) is 0 Å². The minimum Gasteiger partial charge on any atom is -0.357 e. The molecule has 74 valence electrons. The van der Waals surface area contributed by atoms with Crippen LogP contribution in [-0.4, -0.2) is 36.1 Å². The smallest absolute Gasteiger partial charge is 0.171 e. The summed E-state index contributed by atoms with van der Waals surface area (Å²) >= 11 is 22.1. The molecule has 0 bridgehead atoms. The van der Waals surface area contributed by atoms with Crippen LogP contribution in [0.1, 0.15) is 0 Å². The van der Waals surface area contributed by atoms with Crippen LogP contribution in [0.15, 0.2) is 0 Å². The fraction of sp³-hybridized carbons (Fsp3) is 1.00. The van der Waals surface area contributed by atoms with Gasteiger partial charge < -0.3 is 9.47 Å². The molecule has 0 N–H and O–H groups in total. The number of alkyl halides is 4. The first-order chi connectivity index (χ1) is 5.72. The van der Waals surface area contributed by atoms with Crippen LogP contribution in [0.5, 0.6) is 0 Å². The summed E-state index contributed by atoms with van der Waals surface area (Å²) in [5.41, 5.74) is -1.37. The molecule has 0 fully saturated rings. The largest absolute Gasteiger partial charge is 0.357 e. The van der Waals surface area contributed by atoms with Gasteiger partial charge in [0.05, 0.1) is 13.2 Å². The van der Waals surface area contributed by atoms with Gasteiger partial charge in [-0.15, -0.1) is 23.2 Å². The molecule has 0 aliphatic heterocycles. The number of halogens is 4. The van der Waals surface area contributed by atoms with Crippen LogP contribution in [0.4, 0.5) is 0 Å². The van der Waals surface area contributed by atoms with Crippen molar-refractivity contribution in [2.45, 2.75) is 11.1 Å². The SMILES string of the molecule is ClCCOC(Cl)C(Cl)OCCCl. The van der Waals surface area contributed by atoms with E-state index in [9.17, 15) is 0 Å². The van der Waals surface area contributed by atoms with Gasteiger partial charge in [-0.2, -0.15) is 0 Å². The van der Waals surface area contributed by atoms with Crippen molar-refractivity contribution in [1.29, 1.82) is 0 Å². The van der Waals surface area contributed by atoms with Crippen LogP contribution < -0.4 is 0 Å². The van der Waals surface area contributed by atoms with E-state index in [1.165, 1.54) is 0 Å². The van der Waals surface area contributed by atoms with E-state index in [0.29, 0.717) is 25.0 Å². The minimum absolute atomic E-state index is 0.350. The molecule has 0 radical (unpaired) electrons. The fourth-order valence-electron chi connectivity index (χ4n) is 0.466. The van der Waals surface area contributed by atoms with Gasteiger partial charge in [0.2, 0.25) is 0 Å². The second-order valence-corrected chi connectivity index (χ2v) is 3.44. The highest BCUT2D eigenvalue weighted by atomic mass is 35.5. The predicted molar refractivity (Wildman–Crippen MR) is 52.6 cm³/mol. The van der Waals surface area contributed by atoms with Crippen molar-refractivity contribution in [2.75, 3.05) is 25.0 Å². The lowest BCUT2D eigenvalue weighted by Gasteiger charge is -2.15. The summed E-state index contributed by atoms with van der Waals surface area (Å²) in [6.07, 6.45) is 0. The Balaban J connectivity index is 3.39. The zero-order chi connectivity index (χ0) is 9.40. The first-order valence-electron chi connectivity index (χ1n) is 3.35. The Morgan fingerprint density at radius 2 is 1.17 bits per heavy atom. The minimum atomic E-state index is -0.686. The normalized spacial score (nSPS) is 16.0. The first-order valence-corrected chi connectivity index (χ1v) is 5.29. The van der Waals surface area contributed by atoms with Gasteiger partial charge in [0.15, 0.2) is 11.1 Å². The van der Waals surface area contributed by atoms with Crippen LogP contribution in [0.25, 0.3) is 0 Å². The van der Waals surface area contributed by atoms with Gasteiger partial charge in [0.1, 0.15) is 0 Å². The fourth-order valence-corrected chi connectivity index (χ4v) is 0.967. The van der Waals surface area contributed by atoms with Gasteiger partial charge in [-0.25, -0.2) is 0 Å². The summed E-state index contributed by atoms with van der Waals surface area (Å²) in [5, 5.41) is 0. The van der Waals surface area contributed by atoms with Crippen LogP contribution in [0.3, 0.4) is 0 Å². The highest BCUT2D eigenvalue weighted by Gasteiger charge is 2.16. The van der Waals surface area contributed by atoms with Gasteiger partial charge in [-0.3, -0.25) is 0 Å². The molecule has 0 aromatic carbocycles. The molecule has 0 rings (SSSR count). The maximum atomic E-state index is 5.66. The molecule has 0 saturated heterocycles. The van der Waals surface area contributed by atoms with E-state index < -0.39 is 11.1 Å². The molecular formula is C6H10Cl4O2. The topological polar surface area (TPSA) is 18.5 Å². The monoisotopic (exact) mass is 254 g/mol. The van der Waals surface area contributed by atoms with E-state index in [1.807, 2.05) is 0 Å². The van der Waals surface area contributed by atoms with Gasteiger partial charge in [-0.1, -0.05) is 23.2 Å². The van der Waals surface area contributed by atoms with E-state index in [2.05, 4.69) is 0 Å². The van der Waals surface area contributed by atoms with Gasteiger partial charge in [0, 0.05) is 11.8 Å². The number of hydrogen-bond donors (Lipinski definition) is 0. The number of hydrogen-bond acceptors (Lipinski definition) is 2. The lowest BCUT2D eigenvalue weighted by molar-refractivity contribution is 0.0138. The van der Waals surface area contributed by atoms with E-state index in [-0.39, 0.29) is 0 Å². The van der Waals surface area contributed by atoms with Crippen LogP contribution in [0.2, 0.25) is 0 Å². The predicted octanol–water partition coefficient (Wildman–Crippen LogP) is 2.63. The van der Waals surface area contributed by atoms with Crippen molar-refractivity contribution in [1.82, 2.24) is 0 Å². The van der Waals surface area contributed by atoms with Crippen molar-refractivity contribution in [3.63, 3.8) is 0 Å². The summed E-state index contributed by atoms with van der Waals surface area (Å²) in [7, 11) is 0. The van der Waals surface area contributed by atoms with Crippen molar-refractivity contribution < 1.29 is 9.47 Å². The summed E-state index contributed by atoms with van der Waals surface area (Å²) in [6.45, 7) is 0.701. The average molecular weight is 256 g/mol. The molecule has 12 heavy (non-hydrogen) atoms. The Bertz CT molecular complexity index is 91.5. The Morgan fingerprint density at radius 3 is 1.42 bits per heavy atom. The standard InChI is InChI=1S/C6H10Cl4O2/c7-1-3-11-5(9)6(10)12-4-2-8/h5-6H,1-4H2. The third kappa shape index (κ3) is 6.58. The molecule has 0 aromatic heterocycles. The second-order valence-electron chi connectivity index (χ2n) is 1.82. The summed E-state index contributed by atoms with van der Waals surface area (Å²) in [6, 6.07) is 0. The van der Waals surface area contributed by atoms with Crippen LogP contribution >= 0.6 is 46.4 Å². The van der Waals surface area contributed by atoms with E-state index >= 15 is 0 Å². The molecule has 0 aliphatic rings. The van der Waals surface area contributed by atoms with Crippen molar-refractivity contribution in [3.05, 3.63) is 0 Å². The molecular weight excluding hydrogens is 246 g/mol. The van der Waals surface area contributed by atoms with Crippen molar-refractivity contribution in [3.8, 4) is 0 Å². The molecule has 0 aliphatic carbocycles. The van der Waals surface area contributed by atoms with Crippen molar-refractivity contribution >= 4 is 46.4 Å². The average Bonchev–Trinajstić information content (AvgIpc) is 2.10. The molecule has 2 unspecified atom stereocenters. The maximum Gasteiger partial charge on any atom is 0.171 e. The third-order valence-corrected chi connectivity index (χ3v) is 2.06. The van der Waals surface area contributed by atoms with Crippen molar-refractivity contribution in [2.24, 2.45) is 0 Å². The molecule has 0 saturated carbocycles. The number of rotatable bonds is 7. The Hall–Kier alpha value is 1.08. The Morgan fingerprint density at radius 1 is 0.833 bits per heavy atom. The van der Waals surface area contributed by atoms with E-state index in [4.69, 9.17) is 55.9 Å². The Labute approximate surface area is 92.0 Å². The van der Waals surface area contributed by atoms with Crippen LogP contribution in [-0.2, 0) is 9.47 Å². The highest BCUT2D eigenvalue weighted by Crippen LogP contribution is 2.12. The lowest BCUT2D eigenvalue weighted by Crippen LogP contribution is -2.23. The zero-order valence-electron chi connectivity index (χ0n) is 6.31. The summed E-state index contributed by atoms with van der Waals surface area (Å²) in [4.78, 5) is 0. The molecule has 0 aromatic rings. The van der Waals surface area contributed by atoms with Gasteiger partial charge in [-0.05, 0) is 0 Å². The molecule has 2 atom stereocenters. The summed E-state index contributed by atoms with van der Waals surface area (Å²) in [5.74, 6) is 0.755. The molecule has 6 heteroatoms. The lowest BCUT2D eigenvalue weighted by atomic mass is 10.7. The molecule has 0 heterocycles. The van der Waals surface area contributed by atoms with E-state index in [1.54, 1.807) is 0 Å². The van der Waals surface area contributed by atoms with Gasteiger partial charge in [0.25, 0.3) is 0 Å². The molecule has 2 nitrogen and oxygen atoms in total. The Kier molecular flexibility index (Phi) is 9.45. The highest BCUT2D eigenvalue weighted by molar-refractivity contribution is 6.28. The van der Waals surface area contributed by atoms with Gasteiger partial charge >= 0.3 is 0 Å². The summed E-state index contributed by atoms with van der Waals surface area (Å²) < 4.78 is 9.97. The molecule has 0 amide bonds. The third-order valence-electron chi connectivity index (χ3n) is 0.914. The molecule has 0 spiro atoms. The second kappa shape index (κ2) is 8.67.